The zero-order chi connectivity index (χ0) is 23.2. The molecule has 0 radical (unpaired) electrons. The second-order valence-electron chi connectivity index (χ2n) is 10.7. The molecule has 3 rings (SSSR count). The third-order valence-corrected chi connectivity index (χ3v) is 10.5. The van der Waals surface area contributed by atoms with E-state index in [4.69, 9.17) is 9.16 Å². The lowest BCUT2D eigenvalue weighted by Crippen LogP contribution is -2.48. The number of carbonyl (C=O) groups excluding carboxylic acids is 2. The first-order valence-corrected chi connectivity index (χ1v) is 13.7. The van der Waals surface area contributed by atoms with E-state index in [1.54, 1.807) is 25.3 Å². The van der Waals surface area contributed by atoms with Gasteiger partial charge in [0, 0.05) is 11.9 Å². The largest absolute Gasteiger partial charge is 0.444 e. The number of nitrogens with one attached hydrogen (secondary N) is 2. The van der Waals surface area contributed by atoms with Gasteiger partial charge in [0.25, 0.3) is 5.91 Å². The number of anilines is 1. The summed E-state index contributed by atoms with van der Waals surface area (Å²) in [5, 5.41) is 7.06. The van der Waals surface area contributed by atoms with Crippen molar-refractivity contribution in [2.24, 2.45) is 0 Å². The summed E-state index contributed by atoms with van der Waals surface area (Å²) >= 11 is 0. The molecule has 31 heavy (non-hydrogen) atoms. The van der Waals surface area contributed by atoms with Gasteiger partial charge in [-0.25, -0.2) is 4.79 Å². The highest BCUT2D eigenvalue weighted by Crippen LogP contribution is 2.38. The fraction of sp³-hybridized carbons (Fsp3) is 0.565. The molecular weight excluding hydrogens is 410 g/mol. The van der Waals surface area contributed by atoms with Gasteiger partial charge in [-0.1, -0.05) is 32.9 Å². The third kappa shape index (κ3) is 4.96. The van der Waals surface area contributed by atoms with Gasteiger partial charge in [0.15, 0.2) is 8.32 Å². The van der Waals surface area contributed by atoms with Gasteiger partial charge >= 0.3 is 6.09 Å². The van der Waals surface area contributed by atoms with Gasteiger partial charge < -0.3 is 19.8 Å². The highest BCUT2D eigenvalue weighted by Gasteiger charge is 2.38. The van der Waals surface area contributed by atoms with Gasteiger partial charge in [0.1, 0.15) is 11.6 Å². The average molecular weight is 446 g/mol. The second-order valence-corrected chi connectivity index (χ2v) is 15.5. The van der Waals surface area contributed by atoms with E-state index >= 15 is 0 Å². The normalized spacial score (nSPS) is 17.3. The monoisotopic (exact) mass is 445 g/mol. The van der Waals surface area contributed by atoms with Crippen molar-refractivity contribution in [1.82, 2.24) is 9.88 Å². The molecule has 0 saturated heterocycles. The van der Waals surface area contributed by atoms with Crippen LogP contribution in [-0.2, 0) is 15.8 Å². The van der Waals surface area contributed by atoms with Gasteiger partial charge in [0.2, 0.25) is 0 Å². The molecular formula is C23H35N3O4Si. The van der Waals surface area contributed by atoms with Crippen molar-refractivity contribution in [3.8, 4) is 0 Å². The molecule has 1 atom stereocenters. The SMILES string of the molecule is CC(C)(C)OC(=O)N[C@H]1CNc2cccc3cc(CO[Si](C)(C)C(C)(C)C)n(c23)C1=O. The summed E-state index contributed by atoms with van der Waals surface area (Å²) in [6.07, 6.45) is -0.610. The van der Waals surface area contributed by atoms with E-state index in [2.05, 4.69) is 44.5 Å². The van der Waals surface area contributed by atoms with E-state index in [-0.39, 0.29) is 17.5 Å². The fourth-order valence-electron chi connectivity index (χ4n) is 3.30. The minimum atomic E-state index is -2.00. The molecule has 1 amide bonds. The average Bonchev–Trinajstić information content (AvgIpc) is 2.92. The lowest BCUT2D eigenvalue weighted by Gasteiger charge is -2.36. The Morgan fingerprint density at radius 1 is 1.23 bits per heavy atom. The number of amides is 1. The molecule has 1 aliphatic heterocycles. The first kappa shape index (κ1) is 23.3. The number of nitrogens with zero attached hydrogens (tertiary/aromatic N) is 1. The molecule has 1 aliphatic rings. The molecule has 2 N–H and O–H groups in total. The summed E-state index contributed by atoms with van der Waals surface area (Å²) in [6, 6.07) is 7.13. The molecule has 0 bridgehead atoms. The van der Waals surface area contributed by atoms with Crippen molar-refractivity contribution in [1.29, 1.82) is 0 Å². The van der Waals surface area contributed by atoms with Crippen molar-refractivity contribution in [2.75, 3.05) is 11.9 Å². The summed E-state index contributed by atoms with van der Waals surface area (Å²) in [6.45, 7) is 17.0. The Labute approximate surface area is 185 Å². The van der Waals surface area contributed by atoms with Crippen LogP contribution in [0.3, 0.4) is 0 Å². The van der Waals surface area contributed by atoms with Crippen LogP contribution < -0.4 is 10.6 Å². The van der Waals surface area contributed by atoms with Crippen LogP contribution in [0.25, 0.3) is 10.9 Å². The summed E-state index contributed by atoms with van der Waals surface area (Å²) in [5.41, 5.74) is 1.82. The molecule has 0 spiro atoms. The molecule has 0 fully saturated rings. The maximum absolute atomic E-state index is 13.5. The van der Waals surface area contributed by atoms with Gasteiger partial charge in [-0.15, -0.1) is 0 Å². The zero-order valence-corrected chi connectivity index (χ0v) is 20.9. The molecule has 8 heteroatoms. The van der Waals surface area contributed by atoms with Crippen molar-refractivity contribution in [2.45, 2.75) is 77.9 Å². The van der Waals surface area contributed by atoms with Crippen LogP contribution in [0, 0.1) is 0 Å². The second kappa shape index (κ2) is 7.98. The van der Waals surface area contributed by atoms with E-state index in [1.165, 1.54) is 0 Å². The maximum Gasteiger partial charge on any atom is 0.408 e. The Morgan fingerprint density at radius 2 is 1.90 bits per heavy atom. The van der Waals surface area contributed by atoms with Crippen LogP contribution in [0.1, 0.15) is 52.0 Å². The van der Waals surface area contributed by atoms with Crippen LogP contribution in [-0.4, -0.2) is 43.1 Å². The summed E-state index contributed by atoms with van der Waals surface area (Å²) < 4.78 is 13.5. The van der Waals surface area contributed by atoms with Crippen LogP contribution in [0.4, 0.5) is 10.5 Å². The van der Waals surface area contributed by atoms with Crippen LogP contribution in [0.2, 0.25) is 18.1 Å². The van der Waals surface area contributed by atoms with Crippen molar-refractivity contribution in [3.63, 3.8) is 0 Å². The first-order valence-electron chi connectivity index (χ1n) is 10.7. The van der Waals surface area contributed by atoms with Crippen LogP contribution in [0.5, 0.6) is 0 Å². The Hall–Kier alpha value is -2.32. The first-order chi connectivity index (χ1) is 14.2. The lowest BCUT2D eigenvalue weighted by molar-refractivity contribution is 0.0486. The summed E-state index contributed by atoms with van der Waals surface area (Å²) in [5.74, 6) is -0.202. The van der Waals surface area contributed by atoms with Crippen molar-refractivity contribution < 1.29 is 18.8 Å². The maximum atomic E-state index is 13.5. The smallest absolute Gasteiger partial charge is 0.408 e. The van der Waals surface area contributed by atoms with Crippen LogP contribution >= 0.6 is 0 Å². The Balaban J connectivity index is 1.94. The minimum absolute atomic E-state index is 0.0648. The van der Waals surface area contributed by atoms with E-state index < -0.39 is 26.1 Å². The molecule has 0 aliphatic carbocycles. The van der Waals surface area contributed by atoms with Crippen LogP contribution in [0.15, 0.2) is 24.3 Å². The van der Waals surface area contributed by atoms with Gasteiger partial charge in [0.05, 0.1) is 23.5 Å². The fourth-order valence-corrected chi connectivity index (χ4v) is 4.25. The molecule has 7 nitrogen and oxygen atoms in total. The number of carbonyl (C=O) groups is 2. The minimum Gasteiger partial charge on any atom is -0.444 e. The number of aromatic nitrogens is 1. The molecule has 2 heterocycles. The molecule has 1 aromatic heterocycles. The molecule has 1 aromatic carbocycles. The van der Waals surface area contributed by atoms with E-state index in [0.29, 0.717) is 6.61 Å². The molecule has 0 unspecified atom stereocenters. The number of ether oxygens (including phenoxy) is 1. The van der Waals surface area contributed by atoms with Gasteiger partial charge in [-0.3, -0.25) is 9.36 Å². The molecule has 170 valence electrons. The van der Waals surface area contributed by atoms with Crippen molar-refractivity contribution in [3.05, 3.63) is 30.0 Å². The highest BCUT2D eigenvalue weighted by molar-refractivity contribution is 6.74. The predicted molar refractivity (Wildman–Crippen MR) is 126 cm³/mol. The van der Waals surface area contributed by atoms with E-state index in [1.807, 2.05) is 24.3 Å². The standard InChI is InChI=1S/C23H35N3O4Si/c1-22(2,3)30-21(28)25-18-13-24-17-11-9-10-15-12-16(26(19(15)17)20(18)27)14-29-31(7,8)23(4,5)6/h9-12,18,24H,13-14H2,1-8H3,(H,25,28)/t18-/m0/s1. The number of hydrogen-bond donors (Lipinski definition) is 2. The predicted octanol–water partition coefficient (Wildman–Crippen LogP) is 5.12. The molecule has 0 saturated carbocycles. The Morgan fingerprint density at radius 3 is 2.52 bits per heavy atom. The lowest BCUT2D eigenvalue weighted by atomic mass is 10.2. The Kier molecular flexibility index (Phi) is 6.01. The molecule has 2 aromatic rings. The number of alkyl carbamates (subject to hydrolysis) is 1. The van der Waals surface area contributed by atoms with Crippen molar-refractivity contribution >= 4 is 36.9 Å². The summed E-state index contributed by atoms with van der Waals surface area (Å²) in [4.78, 5) is 25.9. The number of para-hydroxylation sites is 1. The number of benzene rings is 1. The Bertz CT molecular complexity index is 999. The highest BCUT2D eigenvalue weighted by atomic mass is 28.4. The van der Waals surface area contributed by atoms with E-state index in [9.17, 15) is 9.59 Å². The quantitative estimate of drug-likeness (QED) is 0.638. The number of rotatable bonds is 4. The topological polar surface area (TPSA) is 81.6 Å². The van der Waals surface area contributed by atoms with Gasteiger partial charge in [-0.05, 0) is 51.0 Å². The summed E-state index contributed by atoms with van der Waals surface area (Å²) in [7, 11) is -2.00. The number of hydrogen-bond acceptors (Lipinski definition) is 5. The third-order valence-electron chi connectivity index (χ3n) is 5.99. The van der Waals surface area contributed by atoms with E-state index in [0.717, 1.165) is 22.3 Å². The zero-order valence-electron chi connectivity index (χ0n) is 19.9. The van der Waals surface area contributed by atoms with Gasteiger partial charge in [-0.2, -0.15) is 0 Å².